The molecular weight excluding hydrogens is 228 g/mol. The highest BCUT2D eigenvalue weighted by atomic mass is 16.5. The lowest BCUT2D eigenvalue weighted by Gasteiger charge is -2.03. The van der Waals surface area contributed by atoms with E-state index in [1.54, 1.807) is 12.1 Å². The summed E-state index contributed by atoms with van der Waals surface area (Å²) in [6.45, 7) is 2.54. The van der Waals surface area contributed by atoms with Gasteiger partial charge in [0, 0.05) is 18.4 Å². The normalized spacial score (nSPS) is 10.1. The Kier molecular flexibility index (Phi) is 6.77. The topological polar surface area (TPSA) is 43.4 Å². The van der Waals surface area contributed by atoms with Crippen LogP contribution in [-0.2, 0) is 9.53 Å². The van der Waals surface area contributed by atoms with Crippen molar-refractivity contribution in [2.45, 2.75) is 39.0 Å². The molecule has 0 radical (unpaired) electrons. The van der Waals surface area contributed by atoms with Gasteiger partial charge in [0.1, 0.15) is 0 Å². The van der Waals surface area contributed by atoms with Crippen molar-refractivity contribution in [2.75, 3.05) is 6.61 Å². The first-order valence-electron chi connectivity index (χ1n) is 6.48. The Morgan fingerprint density at radius 1 is 1.06 bits per heavy atom. The zero-order chi connectivity index (χ0) is 13.2. The molecule has 0 saturated heterocycles. The van der Waals surface area contributed by atoms with Crippen molar-refractivity contribution >= 4 is 11.8 Å². The number of carbonyl (C=O) groups is 2. The summed E-state index contributed by atoms with van der Waals surface area (Å²) in [5, 5.41) is 0. The van der Waals surface area contributed by atoms with Crippen LogP contribution in [0.4, 0.5) is 0 Å². The highest BCUT2D eigenvalue weighted by Gasteiger charge is 2.07. The third-order valence-corrected chi connectivity index (χ3v) is 2.64. The van der Waals surface area contributed by atoms with E-state index in [1.807, 2.05) is 25.1 Å². The van der Waals surface area contributed by atoms with Crippen LogP contribution in [0.3, 0.4) is 0 Å². The van der Waals surface area contributed by atoms with Crippen molar-refractivity contribution in [3.8, 4) is 0 Å². The SMILES string of the molecule is CCCCOC(=O)CCCC(=O)c1ccccc1. The Morgan fingerprint density at radius 3 is 2.44 bits per heavy atom. The molecule has 0 N–H and O–H groups in total. The van der Waals surface area contributed by atoms with Crippen LogP contribution in [-0.4, -0.2) is 18.4 Å². The van der Waals surface area contributed by atoms with Crippen LogP contribution in [0, 0.1) is 0 Å². The van der Waals surface area contributed by atoms with Crippen LogP contribution < -0.4 is 0 Å². The molecule has 1 rings (SSSR count). The Labute approximate surface area is 108 Å². The minimum atomic E-state index is -0.204. The number of rotatable bonds is 8. The van der Waals surface area contributed by atoms with Gasteiger partial charge >= 0.3 is 5.97 Å². The van der Waals surface area contributed by atoms with Crippen molar-refractivity contribution in [1.82, 2.24) is 0 Å². The average molecular weight is 248 g/mol. The summed E-state index contributed by atoms with van der Waals surface area (Å²) in [5.41, 5.74) is 0.705. The van der Waals surface area contributed by atoms with E-state index in [9.17, 15) is 9.59 Å². The Morgan fingerprint density at radius 2 is 1.78 bits per heavy atom. The van der Waals surface area contributed by atoms with Gasteiger partial charge in [0.15, 0.2) is 5.78 Å². The van der Waals surface area contributed by atoms with Gasteiger partial charge in [-0.3, -0.25) is 9.59 Å². The van der Waals surface area contributed by atoms with Crippen LogP contribution in [0.1, 0.15) is 49.4 Å². The van der Waals surface area contributed by atoms with E-state index in [-0.39, 0.29) is 11.8 Å². The van der Waals surface area contributed by atoms with Crippen molar-refractivity contribution in [3.05, 3.63) is 35.9 Å². The van der Waals surface area contributed by atoms with Crippen molar-refractivity contribution in [1.29, 1.82) is 0 Å². The van der Waals surface area contributed by atoms with E-state index >= 15 is 0 Å². The van der Waals surface area contributed by atoms with Crippen molar-refractivity contribution < 1.29 is 14.3 Å². The predicted octanol–water partition coefficient (Wildman–Crippen LogP) is 3.38. The molecule has 0 bridgehead atoms. The van der Waals surface area contributed by atoms with Gasteiger partial charge < -0.3 is 4.74 Å². The molecule has 3 heteroatoms. The number of carbonyl (C=O) groups excluding carboxylic acids is 2. The minimum absolute atomic E-state index is 0.0805. The molecule has 0 aliphatic rings. The number of hydrogen-bond acceptors (Lipinski definition) is 3. The number of esters is 1. The fraction of sp³-hybridized carbons (Fsp3) is 0.467. The Hall–Kier alpha value is -1.64. The van der Waals surface area contributed by atoms with Crippen LogP contribution >= 0.6 is 0 Å². The summed E-state index contributed by atoms with van der Waals surface area (Å²) in [4.78, 5) is 23.0. The molecule has 18 heavy (non-hydrogen) atoms. The number of unbranched alkanes of at least 4 members (excludes halogenated alkanes) is 1. The summed E-state index contributed by atoms with van der Waals surface area (Å²) >= 11 is 0. The number of Topliss-reactive ketones (excluding diaryl/α,β-unsaturated/α-hetero) is 1. The van der Waals surface area contributed by atoms with Gasteiger partial charge in [0.05, 0.1) is 6.61 Å². The minimum Gasteiger partial charge on any atom is -0.466 e. The molecule has 1 aromatic rings. The van der Waals surface area contributed by atoms with Gasteiger partial charge in [0.2, 0.25) is 0 Å². The maximum Gasteiger partial charge on any atom is 0.305 e. The largest absolute Gasteiger partial charge is 0.466 e. The summed E-state index contributed by atoms with van der Waals surface area (Å²) < 4.78 is 5.02. The van der Waals surface area contributed by atoms with Crippen LogP contribution in [0.2, 0.25) is 0 Å². The summed E-state index contributed by atoms with van der Waals surface area (Å²) in [7, 11) is 0. The van der Waals surface area contributed by atoms with E-state index in [1.165, 1.54) is 0 Å². The third-order valence-electron chi connectivity index (χ3n) is 2.64. The lowest BCUT2D eigenvalue weighted by Crippen LogP contribution is -2.07. The highest BCUT2D eigenvalue weighted by Crippen LogP contribution is 2.07. The molecule has 0 fully saturated rings. The second kappa shape index (κ2) is 8.45. The first-order valence-corrected chi connectivity index (χ1v) is 6.48. The quantitative estimate of drug-likeness (QED) is 0.402. The van der Waals surface area contributed by atoms with Gasteiger partial charge in [-0.05, 0) is 12.8 Å². The van der Waals surface area contributed by atoms with Gasteiger partial charge in [-0.15, -0.1) is 0 Å². The molecule has 3 nitrogen and oxygen atoms in total. The number of ether oxygens (including phenoxy) is 1. The maximum absolute atomic E-state index is 11.7. The van der Waals surface area contributed by atoms with Crippen LogP contribution in [0.5, 0.6) is 0 Å². The van der Waals surface area contributed by atoms with Crippen LogP contribution in [0.25, 0.3) is 0 Å². The van der Waals surface area contributed by atoms with Crippen molar-refractivity contribution in [2.24, 2.45) is 0 Å². The van der Waals surface area contributed by atoms with E-state index in [2.05, 4.69) is 0 Å². The van der Waals surface area contributed by atoms with Crippen LogP contribution in [0.15, 0.2) is 30.3 Å². The Bertz CT molecular complexity index is 371. The first-order chi connectivity index (χ1) is 8.74. The predicted molar refractivity (Wildman–Crippen MR) is 70.5 cm³/mol. The molecule has 0 aliphatic heterocycles. The second-order valence-corrected chi connectivity index (χ2v) is 4.22. The molecule has 0 spiro atoms. The maximum atomic E-state index is 11.7. The molecule has 98 valence electrons. The van der Waals surface area contributed by atoms with E-state index in [4.69, 9.17) is 4.74 Å². The molecule has 0 amide bonds. The van der Waals surface area contributed by atoms with E-state index < -0.39 is 0 Å². The molecular formula is C15H20O3. The van der Waals surface area contributed by atoms with Gasteiger partial charge in [-0.1, -0.05) is 43.7 Å². The standard InChI is InChI=1S/C15H20O3/c1-2-3-12-18-15(17)11-7-10-14(16)13-8-5-4-6-9-13/h4-6,8-9H,2-3,7,10-12H2,1H3. The smallest absolute Gasteiger partial charge is 0.305 e. The average Bonchev–Trinajstić information content (AvgIpc) is 2.40. The monoisotopic (exact) mass is 248 g/mol. The van der Waals surface area contributed by atoms with Crippen molar-refractivity contribution in [3.63, 3.8) is 0 Å². The second-order valence-electron chi connectivity index (χ2n) is 4.22. The van der Waals surface area contributed by atoms with E-state index in [0.717, 1.165) is 12.8 Å². The van der Waals surface area contributed by atoms with Gasteiger partial charge in [-0.2, -0.15) is 0 Å². The molecule has 0 unspecified atom stereocenters. The zero-order valence-electron chi connectivity index (χ0n) is 10.9. The summed E-state index contributed by atoms with van der Waals surface area (Å²) in [6, 6.07) is 9.14. The zero-order valence-corrected chi connectivity index (χ0v) is 10.9. The highest BCUT2D eigenvalue weighted by molar-refractivity contribution is 5.96. The lowest BCUT2D eigenvalue weighted by molar-refractivity contribution is -0.143. The number of ketones is 1. The van der Waals surface area contributed by atoms with Gasteiger partial charge in [0.25, 0.3) is 0 Å². The molecule has 0 atom stereocenters. The Balaban J connectivity index is 2.18. The molecule has 0 aliphatic carbocycles. The molecule has 0 heterocycles. The summed E-state index contributed by atoms with van der Waals surface area (Å²) in [5.74, 6) is -0.124. The number of hydrogen-bond donors (Lipinski definition) is 0. The number of benzene rings is 1. The lowest BCUT2D eigenvalue weighted by atomic mass is 10.1. The molecule has 0 saturated carbocycles. The summed E-state index contributed by atoms with van der Waals surface area (Å²) in [6.07, 6.45) is 3.18. The molecule has 1 aromatic carbocycles. The third kappa shape index (κ3) is 5.62. The van der Waals surface area contributed by atoms with Gasteiger partial charge in [-0.25, -0.2) is 0 Å². The molecule has 0 aromatic heterocycles. The fourth-order valence-electron chi connectivity index (χ4n) is 1.56. The van der Waals surface area contributed by atoms with E-state index in [0.29, 0.717) is 31.4 Å². The fourth-order valence-corrected chi connectivity index (χ4v) is 1.56. The first kappa shape index (κ1) is 14.4.